The highest BCUT2D eigenvalue weighted by Crippen LogP contribution is 2.12. The molecular weight excluding hydrogens is 252 g/mol. The maximum Gasteiger partial charge on any atom is 0.0914 e. The molecule has 0 spiro atoms. The summed E-state index contributed by atoms with van der Waals surface area (Å²) in [6.45, 7) is 8.54. The van der Waals surface area contributed by atoms with E-state index >= 15 is 0 Å². The van der Waals surface area contributed by atoms with Crippen molar-refractivity contribution >= 4 is 0 Å². The van der Waals surface area contributed by atoms with Gasteiger partial charge in [-0.2, -0.15) is 0 Å². The van der Waals surface area contributed by atoms with Crippen LogP contribution in [-0.2, 0) is 4.74 Å². The zero-order valence-corrected chi connectivity index (χ0v) is 12.3. The molecule has 2 N–H and O–H groups in total. The van der Waals surface area contributed by atoms with Crippen LogP contribution in [0.25, 0.3) is 0 Å². The van der Waals surface area contributed by atoms with Crippen LogP contribution in [0.1, 0.15) is 23.7 Å². The quantitative estimate of drug-likeness (QED) is 0.739. The largest absolute Gasteiger partial charge is 0.387 e. The number of benzene rings is 1. The molecule has 1 atom stereocenters. The van der Waals surface area contributed by atoms with Gasteiger partial charge in [0.25, 0.3) is 0 Å². The highest BCUT2D eigenvalue weighted by Gasteiger charge is 2.09. The Labute approximate surface area is 121 Å². The van der Waals surface area contributed by atoms with Crippen molar-refractivity contribution in [3.63, 3.8) is 0 Å². The average Bonchev–Trinajstić information content (AvgIpc) is 2.48. The number of hydrogen-bond donors (Lipinski definition) is 2. The molecule has 0 aliphatic carbocycles. The van der Waals surface area contributed by atoms with Gasteiger partial charge in [0.1, 0.15) is 0 Å². The van der Waals surface area contributed by atoms with Gasteiger partial charge in [-0.25, -0.2) is 0 Å². The van der Waals surface area contributed by atoms with E-state index in [1.807, 2.05) is 24.3 Å². The Kier molecular flexibility index (Phi) is 6.47. The monoisotopic (exact) mass is 278 g/mol. The number of rotatable bonds is 7. The van der Waals surface area contributed by atoms with Crippen LogP contribution in [-0.4, -0.2) is 55.9 Å². The molecule has 0 aromatic heterocycles. The summed E-state index contributed by atoms with van der Waals surface area (Å²) in [4.78, 5) is 2.43. The molecule has 4 heteroatoms. The lowest BCUT2D eigenvalue weighted by Crippen LogP contribution is -2.37. The van der Waals surface area contributed by atoms with Crippen LogP contribution in [0.4, 0.5) is 0 Å². The number of morpholine rings is 1. The van der Waals surface area contributed by atoms with Gasteiger partial charge >= 0.3 is 0 Å². The first kappa shape index (κ1) is 15.4. The van der Waals surface area contributed by atoms with Gasteiger partial charge in [-0.05, 0) is 32.0 Å². The molecule has 2 rings (SSSR count). The summed E-state index contributed by atoms with van der Waals surface area (Å²) in [5, 5.41) is 13.4. The minimum Gasteiger partial charge on any atom is -0.387 e. The Morgan fingerprint density at radius 2 is 1.95 bits per heavy atom. The van der Waals surface area contributed by atoms with Gasteiger partial charge in [0.2, 0.25) is 0 Å². The third-order valence-corrected chi connectivity index (χ3v) is 3.73. The molecule has 1 heterocycles. The summed E-state index contributed by atoms with van der Waals surface area (Å²) in [6, 6.07) is 8.07. The highest BCUT2D eigenvalue weighted by molar-refractivity contribution is 5.23. The molecule has 20 heavy (non-hydrogen) atoms. The van der Waals surface area contributed by atoms with Crippen LogP contribution in [0.5, 0.6) is 0 Å². The van der Waals surface area contributed by atoms with Crippen LogP contribution in [0, 0.1) is 6.92 Å². The van der Waals surface area contributed by atoms with E-state index in [1.54, 1.807) is 0 Å². The average molecular weight is 278 g/mol. The second-order valence-corrected chi connectivity index (χ2v) is 5.44. The maximum absolute atomic E-state index is 10.1. The molecule has 0 radical (unpaired) electrons. The highest BCUT2D eigenvalue weighted by atomic mass is 16.5. The van der Waals surface area contributed by atoms with Crippen molar-refractivity contribution in [1.29, 1.82) is 0 Å². The zero-order chi connectivity index (χ0) is 14.2. The standard InChI is InChI=1S/C16H26N2O2/c1-14-3-5-15(6-4-14)16(19)13-17-7-2-8-18-9-11-20-12-10-18/h3-6,16-17,19H,2,7-13H2,1H3. The van der Waals surface area contributed by atoms with Crippen molar-refractivity contribution in [2.24, 2.45) is 0 Å². The molecule has 4 nitrogen and oxygen atoms in total. The summed E-state index contributed by atoms with van der Waals surface area (Å²) in [5.74, 6) is 0. The van der Waals surface area contributed by atoms with E-state index in [0.717, 1.165) is 51.4 Å². The molecule has 1 aliphatic rings. The lowest BCUT2D eigenvalue weighted by Gasteiger charge is -2.26. The third kappa shape index (κ3) is 5.21. The molecule has 1 fully saturated rings. The van der Waals surface area contributed by atoms with E-state index in [1.165, 1.54) is 5.56 Å². The fraction of sp³-hybridized carbons (Fsp3) is 0.625. The minimum atomic E-state index is -0.418. The summed E-state index contributed by atoms with van der Waals surface area (Å²) >= 11 is 0. The van der Waals surface area contributed by atoms with Crippen molar-refractivity contribution in [3.8, 4) is 0 Å². The number of nitrogens with one attached hydrogen (secondary N) is 1. The zero-order valence-electron chi connectivity index (χ0n) is 12.3. The van der Waals surface area contributed by atoms with Gasteiger partial charge in [-0.3, -0.25) is 4.90 Å². The molecule has 1 saturated heterocycles. The van der Waals surface area contributed by atoms with E-state index in [9.17, 15) is 5.11 Å². The Morgan fingerprint density at radius 1 is 1.25 bits per heavy atom. The van der Waals surface area contributed by atoms with Crippen LogP contribution < -0.4 is 5.32 Å². The Bertz CT molecular complexity index is 375. The van der Waals surface area contributed by atoms with Gasteiger partial charge in [-0.15, -0.1) is 0 Å². The maximum atomic E-state index is 10.1. The Hall–Kier alpha value is -0.940. The van der Waals surface area contributed by atoms with Crippen LogP contribution in [0.15, 0.2) is 24.3 Å². The molecule has 0 saturated carbocycles. The van der Waals surface area contributed by atoms with Crippen molar-refractivity contribution in [1.82, 2.24) is 10.2 Å². The predicted molar refractivity (Wildman–Crippen MR) is 80.9 cm³/mol. The van der Waals surface area contributed by atoms with Crippen molar-refractivity contribution < 1.29 is 9.84 Å². The fourth-order valence-electron chi connectivity index (χ4n) is 2.40. The smallest absolute Gasteiger partial charge is 0.0914 e. The summed E-state index contributed by atoms with van der Waals surface area (Å²) in [7, 11) is 0. The number of aliphatic hydroxyl groups is 1. The van der Waals surface area contributed by atoms with E-state index < -0.39 is 6.10 Å². The van der Waals surface area contributed by atoms with E-state index in [-0.39, 0.29) is 0 Å². The van der Waals surface area contributed by atoms with Crippen molar-refractivity contribution in [2.75, 3.05) is 45.9 Å². The molecule has 1 aliphatic heterocycles. The predicted octanol–water partition coefficient (Wildman–Crippen LogP) is 1.34. The Balaban J connectivity index is 1.57. The van der Waals surface area contributed by atoms with Gasteiger partial charge in [0.05, 0.1) is 19.3 Å². The van der Waals surface area contributed by atoms with Gasteiger partial charge < -0.3 is 15.2 Å². The SMILES string of the molecule is Cc1ccc(C(O)CNCCCN2CCOCC2)cc1. The first-order valence-corrected chi connectivity index (χ1v) is 7.51. The number of aryl methyl sites for hydroxylation is 1. The lowest BCUT2D eigenvalue weighted by atomic mass is 10.1. The van der Waals surface area contributed by atoms with Gasteiger partial charge in [0.15, 0.2) is 0 Å². The first-order valence-electron chi connectivity index (χ1n) is 7.51. The molecule has 0 amide bonds. The normalized spacial score (nSPS) is 18.1. The third-order valence-electron chi connectivity index (χ3n) is 3.73. The number of hydrogen-bond acceptors (Lipinski definition) is 4. The molecule has 0 bridgehead atoms. The van der Waals surface area contributed by atoms with Gasteiger partial charge in [0, 0.05) is 19.6 Å². The van der Waals surface area contributed by atoms with Crippen LogP contribution >= 0.6 is 0 Å². The topological polar surface area (TPSA) is 44.7 Å². The number of nitrogens with zero attached hydrogens (tertiary/aromatic N) is 1. The summed E-state index contributed by atoms with van der Waals surface area (Å²) in [5.41, 5.74) is 2.20. The molecule has 1 unspecified atom stereocenters. The fourth-order valence-corrected chi connectivity index (χ4v) is 2.40. The number of ether oxygens (including phenoxy) is 1. The summed E-state index contributed by atoms with van der Waals surface area (Å²) < 4.78 is 5.33. The summed E-state index contributed by atoms with van der Waals surface area (Å²) in [6.07, 6.45) is 0.694. The van der Waals surface area contributed by atoms with Crippen LogP contribution in [0.2, 0.25) is 0 Å². The van der Waals surface area contributed by atoms with Crippen molar-refractivity contribution in [3.05, 3.63) is 35.4 Å². The van der Waals surface area contributed by atoms with Crippen LogP contribution in [0.3, 0.4) is 0 Å². The molecular formula is C16H26N2O2. The van der Waals surface area contributed by atoms with Gasteiger partial charge in [-0.1, -0.05) is 29.8 Å². The van der Waals surface area contributed by atoms with E-state index in [4.69, 9.17) is 4.74 Å². The second kappa shape index (κ2) is 8.37. The van der Waals surface area contributed by atoms with E-state index in [2.05, 4.69) is 17.1 Å². The van der Waals surface area contributed by atoms with E-state index in [0.29, 0.717) is 6.54 Å². The Morgan fingerprint density at radius 3 is 2.65 bits per heavy atom. The van der Waals surface area contributed by atoms with Crippen molar-refractivity contribution in [2.45, 2.75) is 19.4 Å². The molecule has 1 aromatic carbocycles. The lowest BCUT2D eigenvalue weighted by molar-refractivity contribution is 0.0373. The molecule has 1 aromatic rings. The first-order chi connectivity index (χ1) is 9.75. The second-order valence-electron chi connectivity index (χ2n) is 5.44. The minimum absolute atomic E-state index is 0.418. The molecule has 112 valence electrons. The number of aliphatic hydroxyl groups excluding tert-OH is 1.